The second-order valence-corrected chi connectivity index (χ2v) is 3.61. The van der Waals surface area contributed by atoms with Crippen LogP contribution in [0.1, 0.15) is 25.7 Å². The Balaban J connectivity index is 0. The minimum atomic E-state index is -0.344. The molecule has 5 nitrogen and oxygen atoms in total. The van der Waals surface area contributed by atoms with Gasteiger partial charge >= 0.3 is 0 Å². The van der Waals surface area contributed by atoms with E-state index in [1.165, 1.54) is 6.08 Å². The molecular formula is C14H26O5. The molecule has 0 aliphatic carbocycles. The Labute approximate surface area is 114 Å². The van der Waals surface area contributed by atoms with Crippen molar-refractivity contribution in [3.63, 3.8) is 0 Å². The molecular weight excluding hydrogens is 248 g/mol. The van der Waals surface area contributed by atoms with Crippen LogP contribution < -0.4 is 0 Å². The number of allylic oxidation sites excluding steroid dienone is 3. The van der Waals surface area contributed by atoms with Crippen LogP contribution in [0.5, 0.6) is 0 Å². The van der Waals surface area contributed by atoms with Crippen LogP contribution in [0.25, 0.3) is 0 Å². The summed E-state index contributed by atoms with van der Waals surface area (Å²) < 4.78 is 0. The van der Waals surface area contributed by atoms with Gasteiger partial charge in [-0.05, 0) is 31.8 Å². The number of aliphatic hydroxyl groups excluding tert-OH is 5. The highest BCUT2D eigenvalue weighted by molar-refractivity contribution is 5.06. The van der Waals surface area contributed by atoms with Crippen molar-refractivity contribution in [3.05, 3.63) is 36.1 Å². The van der Waals surface area contributed by atoms with E-state index in [2.05, 4.69) is 0 Å². The van der Waals surface area contributed by atoms with E-state index in [0.29, 0.717) is 6.42 Å². The van der Waals surface area contributed by atoms with Crippen molar-refractivity contribution in [2.24, 2.45) is 0 Å². The normalized spacial score (nSPS) is 11.9. The van der Waals surface area contributed by atoms with E-state index in [4.69, 9.17) is 25.5 Å². The standard InChI is InChI=1S/C7H12O3.C7H14O2/c8-5-3-1-2-4-7(10)6-9;8-6-4-2-1-3-5-7-9/h1-2,4,8-10H,3,5-6H2;1-2,8-9H,3-7H2. The van der Waals surface area contributed by atoms with Crippen molar-refractivity contribution in [1.29, 1.82) is 0 Å². The first-order chi connectivity index (χ1) is 9.22. The maximum absolute atomic E-state index is 8.65. The number of hydrogen-bond acceptors (Lipinski definition) is 5. The predicted molar refractivity (Wildman–Crippen MR) is 75.8 cm³/mol. The summed E-state index contributed by atoms with van der Waals surface area (Å²) in [6, 6.07) is 0. The van der Waals surface area contributed by atoms with Gasteiger partial charge in [-0.3, -0.25) is 0 Å². The van der Waals surface area contributed by atoms with Crippen LogP contribution in [-0.4, -0.2) is 52.0 Å². The first-order valence-electron chi connectivity index (χ1n) is 6.36. The van der Waals surface area contributed by atoms with Gasteiger partial charge in [0.2, 0.25) is 0 Å². The molecule has 0 saturated heterocycles. The van der Waals surface area contributed by atoms with Gasteiger partial charge in [0, 0.05) is 19.8 Å². The fourth-order valence-electron chi connectivity index (χ4n) is 0.922. The molecule has 0 atom stereocenters. The predicted octanol–water partition coefficient (Wildman–Crippen LogP) is 1.06. The van der Waals surface area contributed by atoms with E-state index in [0.717, 1.165) is 19.3 Å². The maximum Gasteiger partial charge on any atom is 0.118 e. The van der Waals surface area contributed by atoms with E-state index >= 15 is 0 Å². The number of unbranched alkanes of at least 4 members (excludes halogenated alkanes) is 1. The first-order valence-corrected chi connectivity index (χ1v) is 6.36. The monoisotopic (exact) mass is 274 g/mol. The van der Waals surface area contributed by atoms with Crippen LogP contribution in [0.3, 0.4) is 0 Å². The molecule has 0 aliphatic heterocycles. The SMILES string of the molecule is OCCC=CC=C(O)CO.OCCC=CCCCO. The van der Waals surface area contributed by atoms with Gasteiger partial charge in [-0.25, -0.2) is 0 Å². The Morgan fingerprint density at radius 2 is 1.32 bits per heavy atom. The Morgan fingerprint density at radius 3 is 1.84 bits per heavy atom. The summed E-state index contributed by atoms with van der Waals surface area (Å²) in [5.74, 6) is -0.0748. The summed E-state index contributed by atoms with van der Waals surface area (Å²) in [5, 5.41) is 41.9. The van der Waals surface area contributed by atoms with E-state index < -0.39 is 0 Å². The Kier molecular flexibility index (Phi) is 20.4. The van der Waals surface area contributed by atoms with Gasteiger partial charge in [-0.1, -0.05) is 24.3 Å². The van der Waals surface area contributed by atoms with Gasteiger partial charge in [-0.2, -0.15) is 0 Å². The van der Waals surface area contributed by atoms with Crippen molar-refractivity contribution in [2.45, 2.75) is 25.7 Å². The van der Waals surface area contributed by atoms with E-state index in [9.17, 15) is 0 Å². The van der Waals surface area contributed by atoms with Gasteiger partial charge in [0.15, 0.2) is 0 Å². The lowest BCUT2D eigenvalue weighted by Gasteiger charge is -1.87. The third-order valence-electron chi connectivity index (χ3n) is 1.87. The number of aliphatic hydroxyl groups is 5. The van der Waals surface area contributed by atoms with Crippen LogP contribution in [0.4, 0.5) is 0 Å². The third-order valence-corrected chi connectivity index (χ3v) is 1.87. The highest BCUT2D eigenvalue weighted by atomic mass is 16.3. The van der Waals surface area contributed by atoms with Crippen LogP contribution in [-0.2, 0) is 0 Å². The van der Waals surface area contributed by atoms with E-state index in [-0.39, 0.29) is 32.2 Å². The van der Waals surface area contributed by atoms with Crippen LogP contribution >= 0.6 is 0 Å². The first kappa shape index (κ1) is 20.2. The molecule has 0 saturated carbocycles. The summed E-state index contributed by atoms with van der Waals surface area (Å²) in [5.41, 5.74) is 0. The minimum absolute atomic E-state index is 0.0748. The van der Waals surface area contributed by atoms with Crippen molar-refractivity contribution in [1.82, 2.24) is 0 Å². The van der Waals surface area contributed by atoms with E-state index in [1.54, 1.807) is 12.2 Å². The molecule has 0 aromatic carbocycles. The van der Waals surface area contributed by atoms with Gasteiger partial charge in [0.25, 0.3) is 0 Å². The smallest absolute Gasteiger partial charge is 0.118 e. The fourth-order valence-corrected chi connectivity index (χ4v) is 0.922. The average Bonchev–Trinajstić information content (AvgIpc) is 2.44. The van der Waals surface area contributed by atoms with Gasteiger partial charge in [-0.15, -0.1) is 0 Å². The van der Waals surface area contributed by atoms with Gasteiger partial charge < -0.3 is 25.5 Å². The molecule has 0 aromatic rings. The second-order valence-electron chi connectivity index (χ2n) is 3.61. The lowest BCUT2D eigenvalue weighted by atomic mass is 10.3. The molecule has 5 N–H and O–H groups in total. The molecule has 0 aromatic heterocycles. The molecule has 0 amide bonds. The van der Waals surface area contributed by atoms with E-state index in [1.807, 2.05) is 12.2 Å². The minimum Gasteiger partial charge on any atom is -0.510 e. The zero-order valence-corrected chi connectivity index (χ0v) is 11.3. The van der Waals surface area contributed by atoms with Gasteiger partial charge in [0.05, 0.1) is 0 Å². The zero-order chi connectivity index (χ0) is 14.8. The van der Waals surface area contributed by atoms with Crippen LogP contribution in [0.2, 0.25) is 0 Å². The Bertz CT molecular complexity index is 246. The molecule has 0 fully saturated rings. The molecule has 0 spiro atoms. The van der Waals surface area contributed by atoms with Crippen molar-refractivity contribution >= 4 is 0 Å². The third kappa shape index (κ3) is 22.5. The molecule has 112 valence electrons. The topological polar surface area (TPSA) is 101 Å². The largest absolute Gasteiger partial charge is 0.510 e. The quantitative estimate of drug-likeness (QED) is 0.187. The lowest BCUT2D eigenvalue weighted by Crippen LogP contribution is -1.85. The number of hydrogen-bond donors (Lipinski definition) is 5. The summed E-state index contributed by atoms with van der Waals surface area (Å²) >= 11 is 0. The number of rotatable bonds is 9. The average molecular weight is 274 g/mol. The summed E-state index contributed by atoms with van der Waals surface area (Å²) in [7, 11) is 0. The Morgan fingerprint density at radius 1 is 0.737 bits per heavy atom. The molecule has 19 heavy (non-hydrogen) atoms. The molecule has 5 heteroatoms. The van der Waals surface area contributed by atoms with Crippen molar-refractivity contribution in [3.8, 4) is 0 Å². The summed E-state index contributed by atoms with van der Waals surface area (Å²) in [6.45, 7) is 0.229. The summed E-state index contributed by atoms with van der Waals surface area (Å²) in [4.78, 5) is 0. The maximum atomic E-state index is 8.65. The fraction of sp³-hybridized carbons (Fsp3) is 0.571. The van der Waals surface area contributed by atoms with Gasteiger partial charge in [0.1, 0.15) is 12.4 Å². The molecule has 0 bridgehead atoms. The zero-order valence-electron chi connectivity index (χ0n) is 11.3. The van der Waals surface area contributed by atoms with Crippen molar-refractivity contribution < 1.29 is 25.5 Å². The highest BCUT2D eigenvalue weighted by Crippen LogP contribution is 1.90. The molecule has 0 aliphatic rings. The molecule has 0 unspecified atom stereocenters. The molecule has 0 heterocycles. The second kappa shape index (κ2) is 19.2. The highest BCUT2D eigenvalue weighted by Gasteiger charge is 1.81. The van der Waals surface area contributed by atoms with Crippen LogP contribution in [0, 0.1) is 0 Å². The molecule has 0 rings (SSSR count). The van der Waals surface area contributed by atoms with Crippen LogP contribution in [0.15, 0.2) is 36.1 Å². The lowest BCUT2D eigenvalue weighted by molar-refractivity contribution is 0.253. The Hall–Kier alpha value is -1.14. The molecule has 0 radical (unpaired) electrons. The van der Waals surface area contributed by atoms with Crippen molar-refractivity contribution in [2.75, 3.05) is 26.4 Å². The summed E-state index contributed by atoms with van der Waals surface area (Å²) in [6.07, 6.45) is 11.6.